The highest BCUT2D eigenvalue weighted by molar-refractivity contribution is 5.99. The van der Waals surface area contributed by atoms with Crippen LogP contribution in [0.3, 0.4) is 0 Å². The van der Waals surface area contributed by atoms with Gasteiger partial charge < -0.3 is 20.7 Å². The first-order chi connectivity index (χ1) is 11.6. The Morgan fingerprint density at radius 3 is 2.67 bits per heavy atom. The van der Waals surface area contributed by atoms with Crippen LogP contribution in [0.25, 0.3) is 0 Å². The molecule has 0 spiro atoms. The van der Waals surface area contributed by atoms with Crippen LogP contribution >= 0.6 is 0 Å². The van der Waals surface area contributed by atoms with Gasteiger partial charge in [-0.1, -0.05) is 12.1 Å². The number of ether oxygens (including phenoxy) is 1. The molecule has 0 radical (unpaired) electrons. The van der Waals surface area contributed by atoms with E-state index in [1.54, 1.807) is 6.07 Å². The second kappa shape index (κ2) is 7.27. The molecule has 7 heteroatoms. The van der Waals surface area contributed by atoms with Crippen LogP contribution < -0.4 is 20.7 Å². The summed E-state index contributed by atoms with van der Waals surface area (Å²) >= 11 is 0. The van der Waals surface area contributed by atoms with E-state index >= 15 is 0 Å². The van der Waals surface area contributed by atoms with E-state index in [0.717, 1.165) is 19.5 Å². The van der Waals surface area contributed by atoms with Crippen molar-refractivity contribution in [3.63, 3.8) is 0 Å². The molecule has 24 heavy (non-hydrogen) atoms. The summed E-state index contributed by atoms with van der Waals surface area (Å²) in [5.41, 5.74) is 3.49. The zero-order chi connectivity index (χ0) is 16.9. The normalized spacial score (nSPS) is 13.3. The molecule has 1 heterocycles. The molecule has 2 aromatic carbocycles. The van der Waals surface area contributed by atoms with Crippen LogP contribution in [0.2, 0.25) is 0 Å². The van der Waals surface area contributed by atoms with Gasteiger partial charge in [0.05, 0.1) is 0 Å². The van der Waals surface area contributed by atoms with Crippen LogP contribution in [0.5, 0.6) is 5.75 Å². The van der Waals surface area contributed by atoms with Gasteiger partial charge in [-0.3, -0.25) is 0 Å². The molecule has 126 valence electrons. The number of amides is 2. The number of hydrogen-bond acceptors (Lipinski definition) is 3. The van der Waals surface area contributed by atoms with Crippen molar-refractivity contribution in [3.05, 3.63) is 53.6 Å². The molecule has 2 aromatic rings. The average molecular weight is 333 g/mol. The first-order valence-electron chi connectivity index (χ1n) is 7.55. The van der Waals surface area contributed by atoms with Crippen molar-refractivity contribution in [1.82, 2.24) is 5.32 Å². The summed E-state index contributed by atoms with van der Waals surface area (Å²) in [6.45, 7) is -1.16. The van der Waals surface area contributed by atoms with E-state index in [1.165, 1.54) is 29.3 Å². The fraction of sp³-hybridized carbons (Fsp3) is 0.235. The number of halogens is 2. The third-order valence-electron chi connectivity index (χ3n) is 3.67. The van der Waals surface area contributed by atoms with Gasteiger partial charge in [-0.25, -0.2) is 4.79 Å². The van der Waals surface area contributed by atoms with Crippen LogP contribution in [0.4, 0.5) is 25.0 Å². The Hall–Kier alpha value is -2.67. The number of carbonyl (C=O) groups is 1. The molecule has 1 aliphatic heterocycles. The highest BCUT2D eigenvalue weighted by Gasteiger charge is 2.11. The Labute approximate surface area is 138 Å². The highest BCUT2D eigenvalue weighted by Crippen LogP contribution is 2.21. The molecule has 3 N–H and O–H groups in total. The van der Waals surface area contributed by atoms with Crippen LogP contribution in [-0.2, 0) is 13.0 Å². The van der Waals surface area contributed by atoms with Crippen LogP contribution in [0.1, 0.15) is 11.1 Å². The fourth-order valence-electron chi connectivity index (χ4n) is 2.60. The van der Waals surface area contributed by atoms with Gasteiger partial charge in [-0.2, -0.15) is 8.78 Å². The van der Waals surface area contributed by atoms with E-state index in [4.69, 9.17) is 0 Å². The van der Waals surface area contributed by atoms with E-state index in [9.17, 15) is 13.6 Å². The van der Waals surface area contributed by atoms with Gasteiger partial charge in [0.15, 0.2) is 0 Å². The first-order valence-corrected chi connectivity index (χ1v) is 7.55. The minimum absolute atomic E-state index is 0.0101. The molecule has 0 saturated heterocycles. The summed E-state index contributed by atoms with van der Waals surface area (Å²) in [7, 11) is 0. The summed E-state index contributed by atoms with van der Waals surface area (Å²) in [5.74, 6) is -0.0101. The average Bonchev–Trinajstić information content (AvgIpc) is 2.54. The molecule has 0 saturated carbocycles. The van der Waals surface area contributed by atoms with Gasteiger partial charge in [-0.05, 0) is 48.4 Å². The predicted molar refractivity (Wildman–Crippen MR) is 87.6 cm³/mol. The first kappa shape index (κ1) is 16.2. The lowest BCUT2D eigenvalue weighted by Gasteiger charge is -2.18. The van der Waals surface area contributed by atoms with Crippen LogP contribution in [0.15, 0.2) is 42.5 Å². The standard InChI is InChI=1S/C17H17F2N3O2/c18-16(19)24-15-3-1-2-13(9-15)21-17(23)22-14-5-4-12-10-20-7-6-11(12)8-14/h1-5,8-9,16,20H,6-7,10H2,(H2,21,22,23). The van der Waals surface area contributed by atoms with Crippen molar-refractivity contribution in [2.75, 3.05) is 17.2 Å². The number of anilines is 2. The third-order valence-corrected chi connectivity index (χ3v) is 3.67. The van der Waals surface area contributed by atoms with E-state index in [1.807, 2.05) is 18.2 Å². The van der Waals surface area contributed by atoms with Crippen molar-refractivity contribution in [2.24, 2.45) is 0 Å². The molecular weight excluding hydrogens is 316 g/mol. The molecular formula is C17H17F2N3O2. The van der Waals surface area contributed by atoms with Gasteiger partial charge in [0.2, 0.25) is 0 Å². The largest absolute Gasteiger partial charge is 0.435 e. The van der Waals surface area contributed by atoms with Crippen molar-refractivity contribution in [2.45, 2.75) is 19.6 Å². The van der Waals surface area contributed by atoms with Gasteiger partial charge >= 0.3 is 12.6 Å². The molecule has 3 rings (SSSR count). The van der Waals surface area contributed by atoms with E-state index in [-0.39, 0.29) is 5.75 Å². The van der Waals surface area contributed by atoms with E-state index < -0.39 is 12.6 Å². The Balaban J connectivity index is 1.63. The van der Waals surface area contributed by atoms with Crippen molar-refractivity contribution in [1.29, 1.82) is 0 Å². The molecule has 0 bridgehead atoms. The van der Waals surface area contributed by atoms with Crippen LogP contribution in [-0.4, -0.2) is 19.2 Å². The summed E-state index contributed by atoms with van der Waals surface area (Å²) in [6.07, 6.45) is 0.916. The molecule has 1 aliphatic rings. The minimum atomic E-state index is -2.90. The maximum absolute atomic E-state index is 12.2. The van der Waals surface area contributed by atoms with Gasteiger partial charge in [0.25, 0.3) is 0 Å². The highest BCUT2D eigenvalue weighted by atomic mass is 19.3. The van der Waals surface area contributed by atoms with Gasteiger partial charge in [0, 0.05) is 24.0 Å². The summed E-state index contributed by atoms with van der Waals surface area (Å²) < 4.78 is 28.7. The van der Waals surface area contributed by atoms with Gasteiger partial charge in [-0.15, -0.1) is 0 Å². The third kappa shape index (κ3) is 4.20. The van der Waals surface area contributed by atoms with Crippen molar-refractivity contribution < 1.29 is 18.3 Å². The number of nitrogens with one attached hydrogen (secondary N) is 3. The summed E-state index contributed by atoms with van der Waals surface area (Å²) in [5, 5.41) is 8.63. The lowest BCUT2D eigenvalue weighted by molar-refractivity contribution is -0.0497. The Morgan fingerprint density at radius 2 is 1.88 bits per heavy atom. The van der Waals surface area contributed by atoms with E-state index in [0.29, 0.717) is 11.4 Å². The molecule has 0 fully saturated rings. The fourth-order valence-corrected chi connectivity index (χ4v) is 2.60. The van der Waals surface area contributed by atoms with Crippen molar-refractivity contribution >= 4 is 17.4 Å². The Kier molecular flexibility index (Phi) is 4.90. The van der Waals surface area contributed by atoms with E-state index in [2.05, 4.69) is 20.7 Å². The smallest absolute Gasteiger partial charge is 0.387 e. The molecule has 2 amide bonds. The topological polar surface area (TPSA) is 62.4 Å². The lowest BCUT2D eigenvalue weighted by atomic mass is 10.0. The second-order valence-corrected chi connectivity index (χ2v) is 5.40. The number of rotatable bonds is 4. The van der Waals surface area contributed by atoms with Crippen molar-refractivity contribution in [3.8, 4) is 5.75 Å². The number of hydrogen-bond donors (Lipinski definition) is 3. The number of carbonyl (C=O) groups excluding carboxylic acids is 1. The molecule has 0 atom stereocenters. The second-order valence-electron chi connectivity index (χ2n) is 5.40. The Bertz CT molecular complexity index is 738. The quantitative estimate of drug-likeness (QED) is 0.801. The minimum Gasteiger partial charge on any atom is -0.435 e. The number of fused-ring (bicyclic) bond motifs is 1. The lowest BCUT2D eigenvalue weighted by Crippen LogP contribution is -2.24. The summed E-state index contributed by atoms with van der Waals surface area (Å²) in [4.78, 5) is 12.1. The SMILES string of the molecule is O=C(Nc1cccc(OC(F)F)c1)Nc1ccc2c(c1)CCNC2. The molecule has 0 aliphatic carbocycles. The maximum Gasteiger partial charge on any atom is 0.387 e. The molecule has 0 unspecified atom stereocenters. The molecule has 5 nitrogen and oxygen atoms in total. The zero-order valence-electron chi connectivity index (χ0n) is 12.8. The monoisotopic (exact) mass is 333 g/mol. The number of benzene rings is 2. The maximum atomic E-state index is 12.2. The van der Waals surface area contributed by atoms with Gasteiger partial charge in [0.1, 0.15) is 5.75 Å². The number of alkyl halides is 2. The molecule has 0 aromatic heterocycles. The predicted octanol–water partition coefficient (Wildman–Crippen LogP) is 3.58. The van der Waals surface area contributed by atoms with Crippen LogP contribution in [0, 0.1) is 0 Å². The zero-order valence-corrected chi connectivity index (χ0v) is 12.8. The Morgan fingerprint density at radius 1 is 1.08 bits per heavy atom. The summed E-state index contributed by atoms with van der Waals surface area (Å²) in [6, 6.07) is 11.2. The number of urea groups is 1.